The molecule has 5 rings (SSSR count). The first-order chi connectivity index (χ1) is 15.9. The number of nitrogen functional groups attached to an aromatic ring is 1. The monoisotopic (exact) mass is 458 g/mol. The Labute approximate surface area is 186 Å². The predicted octanol–water partition coefficient (Wildman–Crippen LogP) is 0.532. The van der Waals surface area contributed by atoms with Crippen LogP contribution in [-0.4, -0.2) is 75.7 Å². The average molecular weight is 458 g/mol. The fourth-order valence-corrected chi connectivity index (χ4v) is 3.96. The maximum atomic E-state index is 14.8. The molecule has 2 aliphatic heterocycles. The predicted molar refractivity (Wildman–Crippen MR) is 113 cm³/mol. The van der Waals surface area contributed by atoms with Crippen LogP contribution in [0.5, 0.6) is 0 Å². The van der Waals surface area contributed by atoms with Crippen LogP contribution >= 0.6 is 0 Å². The van der Waals surface area contributed by atoms with Crippen LogP contribution in [0.3, 0.4) is 0 Å². The van der Waals surface area contributed by atoms with E-state index >= 15 is 0 Å². The molecule has 33 heavy (non-hydrogen) atoms. The Balaban J connectivity index is 1.36. The van der Waals surface area contributed by atoms with Crippen LogP contribution in [0.4, 0.5) is 26.0 Å². The van der Waals surface area contributed by atoms with Crippen molar-refractivity contribution in [2.45, 2.75) is 0 Å². The third-order valence-corrected chi connectivity index (χ3v) is 5.71. The topological polar surface area (TPSA) is 131 Å². The summed E-state index contributed by atoms with van der Waals surface area (Å²) in [5, 5.41) is 6.52. The summed E-state index contributed by atoms with van der Waals surface area (Å²) in [6.07, 6.45) is 4.37. The van der Waals surface area contributed by atoms with Gasteiger partial charge in [0.05, 0.1) is 49.6 Å². The number of rotatable bonds is 4. The number of piperazine rings is 1. The molecule has 0 unspecified atom stereocenters. The number of carbonyl (C=O) groups is 2. The van der Waals surface area contributed by atoms with E-state index in [0.29, 0.717) is 39.4 Å². The van der Waals surface area contributed by atoms with Crippen molar-refractivity contribution in [2.75, 3.05) is 55.3 Å². The van der Waals surface area contributed by atoms with Crippen molar-refractivity contribution < 1.29 is 23.1 Å². The summed E-state index contributed by atoms with van der Waals surface area (Å²) in [6.45, 7) is 2.46. The zero-order valence-electron chi connectivity index (χ0n) is 17.4. The molecular weight excluding hydrogens is 438 g/mol. The minimum absolute atomic E-state index is 0.0390. The fourth-order valence-electron chi connectivity index (χ4n) is 3.96. The summed E-state index contributed by atoms with van der Waals surface area (Å²) in [4.78, 5) is 36.6. The number of nitrogens with two attached hydrogens (primary N) is 1. The number of anilines is 3. The number of hydrogen-bond acceptors (Lipinski definition) is 8. The summed E-state index contributed by atoms with van der Waals surface area (Å²) in [5.41, 5.74) is 6.14. The SMILES string of the molecule is Nc1nn2cc(F)cnc2c1C(=O)Nc1cncc(F)c1N1CCN(C(=O)C2COC2)CC1. The molecule has 0 aliphatic carbocycles. The van der Waals surface area contributed by atoms with Crippen LogP contribution in [0.15, 0.2) is 24.8 Å². The molecule has 3 N–H and O–H groups in total. The van der Waals surface area contributed by atoms with Gasteiger partial charge in [0, 0.05) is 26.2 Å². The van der Waals surface area contributed by atoms with Gasteiger partial charge in [-0.1, -0.05) is 0 Å². The highest BCUT2D eigenvalue weighted by molar-refractivity contribution is 6.12. The second-order valence-electron chi connectivity index (χ2n) is 7.82. The van der Waals surface area contributed by atoms with Crippen LogP contribution < -0.4 is 16.0 Å². The average Bonchev–Trinajstić information content (AvgIpc) is 3.07. The zero-order chi connectivity index (χ0) is 23.1. The van der Waals surface area contributed by atoms with Gasteiger partial charge in [0.25, 0.3) is 5.91 Å². The Hall–Kier alpha value is -3.87. The first-order valence-electron chi connectivity index (χ1n) is 10.3. The van der Waals surface area contributed by atoms with Gasteiger partial charge in [-0.15, -0.1) is 5.10 Å². The van der Waals surface area contributed by atoms with E-state index in [1.165, 1.54) is 6.20 Å². The van der Waals surface area contributed by atoms with Crippen molar-refractivity contribution in [3.05, 3.63) is 42.0 Å². The molecule has 0 saturated carbocycles. The number of nitrogens with one attached hydrogen (secondary N) is 1. The molecule has 2 aliphatic rings. The molecule has 0 bridgehead atoms. The lowest BCUT2D eigenvalue weighted by Crippen LogP contribution is -2.53. The number of nitrogens with zero attached hydrogens (tertiary/aromatic N) is 6. The zero-order valence-corrected chi connectivity index (χ0v) is 17.4. The van der Waals surface area contributed by atoms with Crippen LogP contribution in [0.25, 0.3) is 5.65 Å². The van der Waals surface area contributed by atoms with Crippen molar-refractivity contribution in [1.29, 1.82) is 0 Å². The van der Waals surface area contributed by atoms with Gasteiger partial charge < -0.3 is 25.6 Å². The van der Waals surface area contributed by atoms with Crippen LogP contribution in [-0.2, 0) is 9.53 Å². The lowest BCUT2D eigenvalue weighted by Gasteiger charge is -2.39. The molecule has 0 atom stereocenters. The minimum atomic E-state index is -0.686. The number of carbonyl (C=O) groups excluding carboxylic acids is 2. The van der Waals surface area contributed by atoms with Gasteiger partial charge in [0.2, 0.25) is 5.91 Å². The van der Waals surface area contributed by atoms with E-state index in [1.54, 1.807) is 9.80 Å². The van der Waals surface area contributed by atoms with E-state index in [4.69, 9.17) is 10.5 Å². The standard InChI is InChI=1S/C20H20F2N8O3/c21-12-5-25-18-15(17(23)27-30(18)8-12)19(31)26-14-7-24-6-13(22)16(14)28-1-3-29(4-2-28)20(32)11-9-33-10-11/h5-8,11H,1-4,9-10H2,(H2,23,27)(H,26,31). The number of pyridine rings is 1. The first-order valence-corrected chi connectivity index (χ1v) is 10.3. The fraction of sp³-hybridized carbons (Fsp3) is 0.350. The van der Waals surface area contributed by atoms with Gasteiger partial charge in [-0.2, -0.15) is 0 Å². The molecule has 0 aromatic carbocycles. The summed E-state index contributed by atoms with van der Waals surface area (Å²) < 4.78 is 34.4. The Morgan fingerprint density at radius 3 is 2.58 bits per heavy atom. The lowest BCUT2D eigenvalue weighted by molar-refractivity contribution is -0.150. The van der Waals surface area contributed by atoms with E-state index < -0.39 is 17.5 Å². The Morgan fingerprint density at radius 1 is 1.12 bits per heavy atom. The Kier molecular flexibility index (Phi) is 5.24. The van der Waals surface area contributed by atoms with E-state index in [0.717, 1.165) is 23.1 Å². The quantitative estimate of drug-likeness (QED) is 0.579. The molecule has 3 aromatic heterocycles. The maximum absolute atomic E-state index is 14.8. The van der Waals surface area contributed by atoms with Gasteiger partial charge in [0.15, 0.2) is 23.1 Å². The maximum Gasteiger partial charge on any atom is 0.263 e. The number of halogens is 2. The Morgan fingerprint density at radius 2 is 1.88 bits per heavy atom. The number of hydrogen-bond donors (Lipinski definition) is 2. The number of ether oxygens (including phenoxy) is 1. The molecule has 172 valence electrons. The van der Waals surface area contributed by atoms with Crippen LogP contribution in [0.2, 0.25) is 0 Å². The van der Waals surface area contributed by atoms with E-state index in [-0.39, 0.29) is 40.2 Å². The summed E-state index contributed by atoms with van der Waals surface area (Å²) in [7, 11) is 0. The van der Waals surface area contributed by atoms with E-state index in [1.807, 2.05) is 0 Å². The molecule has 5 heterocycles. The highest BCUT2D eigenvalue weighted by atomic mass is 19.1. The van der Waals surface area contributed by atoms with Crippen molar-refractivity contribution >= 4 is 34.7 Å². The molecule has 0 spiro atoms. The van der Waals surface area contributed by atoms with Crippen LogP contribution in [0, 0.1) is 17.6 Å². The number of amides is 2. The highest BCUT2D eigenvalue weighted by Gasteiger charge is 2.33. The Bertz CT molecular complexity index is 1240. The molecule has 13 heteroatoms. The molecule has 11 nitrogen and oxygen atoms in total. The van der Waals surface area contributed by atoms with E-state index in [9.17, 15) is 18.4 Å². The van der Waals surface area contributed by atoms with Gasteiger partial charge in [-0.3, -0.25) is 14.6 Å². The summed E-state index contributed by atoms with van der Waals surface area (Å²) >= 11 is 0. The molecule has 2 amide bonds. The number of aromatic nitrogens is 4. The third-order valence-electron chi connectivity index (χ3n) is 5.71. The van der Waals surface area contributed by atoms with Crippen molar-refractivity contribution in [3.63, 3.8) is 0 Å². The number of fused-ring (bicyclic) bond motifs is 1. The normalized spacial score (nSPS) is 16.7. The van der Waals surface area contributed by atoms with E-state index in [2.05, 4.69) is 20.4 Å². The smallest absolute Gasteiger partial charge is 0.263 e. The van der Waals surface area contributed by atoms with Crippen molar-refractivity contribution in [2.24, 2.45) is 5.92 Å². The largest absolute Gasteiger partial charge is 0.381 e. The first kappa shape index (κ1) is 21.0. The lowest BCUT2D eigenvalue weighted by atomic mass is 10.1. The summed E-state index contributed by atoms with van der Waals surface area (Å²) in [6, 6.07) is 0. The molecule has 2 fully saturated rings. The minimum Gasteiger partial charge on any atom is -0.381 e. The highest BCUT2D eigenvalue weighted by Crippen LogP contribution is 2.30. The van der Waals surface area contributed by atoms with Crippen molar-refractivity contribution in [3.8, 4) is 0 Å². The van der Waals surface area contributed by atoms with Gasteiger partial charge in [-0.05, 0) is 0 Å². The second kappa shape index (κ2) is 8.24. The van der Waals surface area contributed by atoms with Gasteiger partial charge >= 0.3 is 0 Å². The van der Waals surface area contributed by atoms with Crippen LogP contribution in [0.1, 0.15) is 10.4 Å². The molecule has 0 radical (unpaired) electrons. The van der Waals surface area contributed by atoms with Gasteiger partial charge in [-0.25, -0.2) is 18.3 Å². The molecule has 2 saturated heterocycles. The summed E-state index contributed by atoms with van der Waals surface area (Å²) in [5.74, 6) is -2.17. The molecular formula is C20H20F2N8O3. The van der Waals surface area contributed by atoms with Gasteiger partial charge in [0.1, 0.15) is 11.3 Å². The molecule has 3 aromatic rings. The van der Waals surface area contributed by atoms with Crippen molar-refractivity contribution in [1.82, 2.24) is 24.5 Å². The third kappa shape index (κ3) is 3.80. The second-order valence-corrected chi connectivity index (χ2v) is 7.82.